The van der Waals surface area contributed by atoms with E-state index in [1.165, 1.54) is 21.5 Å². The van der Waals surface area contributed by atoms with E-state index in [0.717, 1.165) is 16.6 Å². The zero-order chi connectivity index (χ0) is 15.9. The molecule has 22 heavy (non-hydrogen) atoms. The van der Waals surface area contributed by atoms with Gasteiger partial charge >= 0.3 is 5.69 Å². The number of hydrogen-bond acceptors (Lipinski definition) is 3. The molecule has 0 aliphatic rings. The van der Waals surface area contributed by atoms with E-state index in [4.69, 9.17) is 0 Å². The van der Waals surface area contributed by atoms with Crippen LogP contribution in [0.3, 0.4) is 0 Å². The Morgan fingerprint density at radius 3 is 2.59 bits per heavy atom. The fourth-order valence-electron chi connectivity index (χ4n) is 2.71. The minimum Gasteiger partial charge on any atom is -0.288 e. The second-order valence-corrected chi connectivity index (χ2v) is 6.40. The van der Waals surface area contributed by atoms with Crippen LogP contribution in [0.25, 0.3) is 10.2 Å². The van der Waals surface area contributed by atoms with E-state index >= 15 is 0 Å². The molecule has 0 aliphatic heterocycles. The summed E-state index contributed by atoms with van der Waals surface area (Å²) in [5.41, 5.74) is 3.73. The summed E-state index contributed by atoms with van der Waals surface area (Å²) in [5, 5.41) is 1.87. The van der Waals surface area contributed by atoms with Crippen LogP contribution in [0.1, 0.15) is 23.6 Å². The molecule has 0 atom stereocenters. The molecule has 0 bridgehead atoms. The van der Waals surface area contributed by atoms with Gasteiger partial charge in [-0.15, -0.1) is 11.3 Å². The summed E-state index contributed by atoms with van der Waals surface area (Å²) < 4.78 is 3.66. The Hall–Kier alpha value is -2.14. The maximum absolute atomic E-state index is 12.7. The van der Waals surface area contributed by atoms with Gasteiger partial charge in [0.1, 0.15) is 4.70 Å². The minimum atomic E-state index is -0.237. The number of hydrogen-bond donors (Lipinski definition) is 0. The van der Waals surface area contributed by atoms with Gasteiger partial charge in [-0.05, 0) is 43.3 Å². The predicted octanol–water partition coefficient (Wildman–Crippen LogP) is 2.91. The van der Waals surface area contributed by atoms with Gasteiger partial charge in [0, 0.05) is 6.54 Å². The van der Waals surface area contributed by atoms with Gasteiger partial charge in [-0.25, -0.2) is 4.79 Å². The van der Waals surface area contributed by atoms with Crippen molar-refractivity contribution in [2.24, 2.45) is 0 Å². The highest BCUT2D eigenvalue weighted by atomic mass is 32.1. The van der Waals surface area contributed by atoms with E-state index < -0.39 is 0 Å². The fraction of sp³-hybridized carbons (Fsp3) is 0.294. The molecule has 0 radical (unpaired) electrons. The van der Waals surface area contributed by atoms with Gasteiger partial charge in [-0.2, -0.15) is 0 Å². The van der Waals surface area contributed by atoms with Crippen LogP contribution in [0.2, 0.25) is 0 Å². The van der Waals surface area contributed by atoms with Crippen molar-refractivity contribution in [3.63, 3.8) is 0 Å². The van der Waals surface area contributed by atoms with E-state index in [2.05, 4.69) is 18.2 Å². The highest BCUT2D eigenvalue weighted by molar-refractivity contribution is 7.17. The van der Waals surface area contributed by atoms with Crippen molar-refractivity contribution >= 4 is 21.6 Å². The first-order valence-corrected chi connectivity index (χ1v) is 8.18. The average Bonchev–Trinajstić information content (AvgIpc) is 2.97. The van der Waals surface area contributed by atoms with Crippen LogP contribution in [0.15, 0.2) is 39.2 Å². The number of aryl methyl sites for hydroxylation is 2. The van der Waals surface area contributed by atoms with E-state index in [-0.39, 0.29) is 11.2 Å². The molecule has 0 fully saturated rings. The first-order chi connectivity index (χ1) is 10.5. The number of fused-ring (bicyclic) bond motifs is 1. The van der Waals surface area contributed by atoms with Crippen molar-refractivity contribution < 1.29 is 0 Å². The van der Waals surface area contributed by atoms with Crippen molar-refractivity contribution in [1.29, 1.82) is 0 Å². The van der Waals surface area contributed by atoms with E-state index in [0.29, 0.717) is 17.8 Å². The second kappa shape index (κ2) is 5.57. The Morgan fingerprint density at radius 1 is 1.09 bits per heavy atom. The number of benzene rings is 1. The molecule has 0 spiro atoms. The van der Waals surface area contributed by atoms with E-state index in [9.17, 15) is 9.59 Å². The molecule has 0 saturated heterocycles. The smallest absolute Gasteiger partial charge is 0.288 e. The zero-order valence-electron chi connectivity index (χ0n) is 12.9. The third kappa shape index (κ3) is 2.31. The summed E-state index contributed by atoms with van der Waals surface area (Å²) in [7, 11) is 0. The third-order valence-corrected chi connectivity index (χ3v) is 4.88. The lowest BCUT2D eigenvalue weighted by Crippen LogP contribution is -2.39. The molecule has 1 aromatic carbocycles. The third-order valence-electron chi connectivity index (χ3n) is 3.99. The molecule has 4 nitrogen and oxygen atoms in total. The van der Waals surface area contributed by atoms with Crippen LogP contribution in [-0.4, -0.2) is 9.13 Å². The van der Waals surface area contributed by atoms with Crippen molar-refractivity contribution in [1.82, 2.24) is 9.13 Å². The zero-order valence-corrected chi connectivity index (χ0v) is 13.7. The SMILES string of the molecule is CCn1c(=O)c2sccc2n(Cc2cc(C)ccc2C)c1=O. The molecule has 0 saturated carbocycles. The van der Waals surface area contributed by atoms with Gasteiger partial charge in [0.05, 0.1) is 12.1 Å². The van der Waals surface area contributed by atoms with Gasteiger partial charge in [0.15, 0.2) is 0 Å². The average molecular weight is 314 g/mol. The largest absolute Gasteiger partial charge is 0.331 e. The predicted molar refractivity (Wildman–Crippen MR) is 91.0 cm³/mol. The number of nitrogens with zero attached hydrogens (tertiary/aromatic N) is 2. The summed E-state index contributed by atoms with van der Waals surface area (Å²) in [6, 6.07) is 8.08. The van der Waals surface area contributed by atoms with Crippen molar-refractivity contribution in [2.45, 2.75) is 33.9 Å². The Bertz CT molecular complexity index is 963. The van der Waals surface area contributed by atoms with Crippen LogP contribution < -0.4 is 11.2 Å². The first kappa shape index (κ1) is 14.8. The summed E-state index contributed by atoms with van der Waals surface area (Å²) in [6.07, 6.45) is 0. The maximum atomic E-state index is 12.7. The molecule has 2 aromatic heterocycles. The summed E-state index contributed by atoms with van der Waals surface area (Å²) in [6.45, 7) is 6.78. The van der Waals surface area contributed by atoms with Crippen LogP contribution in [0.5, 0.6) is 0 Å². The molecule has 2 heterocycles. The lowest BCUT2D eigenvalue weighted by molar-refractivity contribution is 0.619. The standard InChI is InChI=1S/C17H18N2O2S/c1-4-18-16(20)15-14(7-8-22-15)19(17(18)21)10-13-9-11(2)5-6-12(13)3/h5-9H,4,10H2,1-3H3. The van der Waals surface area contributed by atoms with Crippen molar-refractivity contribution in [3.8, 4) is 0 Å². The van der Waals surface area contributed by atoms with Crippen LogP contribution in [0, 0.1) is 13.8 Å². The van der Waals surface area contributed by atoms with Crippen LogP contribution >= 0.6 is 11.3 Å². The lowest BCUT2D eigenvalue weighted by atomic mass is 10.1. The molecule has 0 unspecified atom stereocenters. The Kier molecular flexibility index (Phi) is 3.74. The normalized spacial score (nSPS) is 11.2. The summed E-state index contributed by atoms with van der Waals surface area (Å²) in [4.78, 5) is 25.0. The van der Waals surface area contributed by atoms with Crippen LogP contribution in [0.4, 0.5) is 0 Å². The topological polar surface area (TPSA) is 44.0 Å². The minimum absolute atomic E-state index is 0.185. The number of aromatic nitrogens is 2. The summed E-state index contributed by atoms with van der Waals surface area (Å²) >= 11 is 1.39. The quantitative estimate of drug-likeness (QED) is 0.746. The van der Waals surface area contributed by atoms with Crippen molar-refractivity contribution in [3.05, 3.63) is 67.2 Å². The number of thiophene rings is 1. The molecule has 5 heteroatoms. The van der Waals surface area contributed by atoms with Gasteiger partial charge < -0.3 is 0 Å². The van der Waals surface area contributed by atoms with Gasteiger partial charge in [-0.1, -0.05) is 23.8 Å². The lowest BCUT2D eigenvalue weighted by Gasteiger charge is -2.13. The molecule has 0 N–H and O–H groups in total. The van der Waals surface area contributed by atoms with Gasteiger partial charge in [-0.3, -0.25) is 13.9 Å². The van der Waals surface area contributed by atoms with E-state index in [1.807, 2.05) is 32.2 Å². The number of rotatable bonds is 3. The fourth-order valence-corrected chi connectivity index (χ4v) is 3.55. The maximum Gasteiger partial charge on any atom is 0.331 e. The van der Waals surface area contributed by atoms with Gasteiger partial charge in [0.25, 0.3) is 5.56 Å². The molecule has 114 valence electrons. The highest BCUT2D eigenvalue weighted by Crippen LogP contribution is 2.18. The molecule has 3 aromatic rings. The van der Waals surface area contributed by atoms with Crippen LogP contribution in [-0.2, 0) is 13.1 Å². The molecular formula is C17H18N2O2S. The summed E-state index contributed by atoms with van der Waals surface area (Å²) in [5.74, 6) is 0. The Balaban J connectivity index is 2.27. The first-order valence-electron chi connectivity index (χ1n) is 7.30. The molecular weight excluding hydrogens is 296 g/mol. The molecule has 0 amide bonds. The monoisotopic (exact) mass is 314 g/mol. The highest BCUT2D eigenvalue weighted by Gasteiger charge is 2.14. The Morgan fingerprint density at radius 2 is 1.86 bits per heavy atom. The van der Waals surface area contributed by atoms with E-state index in [1.54, 1.807) is 4.57 Å². The second-order valence-electron chi connectivity index (χ2n) is 5.48. The Labute approximate surface area is 132 Å². The van der Waals surface area contributed by atoms with Crippen molar-refractivity contribution in [2.75, 3.05) is 0 Å². The molecule has 0 aliphatic carbocycles. The molecule has 3 rings (SSSR count). The van der Waals surface area contributed by atoms with Gasteiger partial charge in [0.2, 0.25) is 0 Å².